The summed E-state index contributed by atoms with van der Waals surface area (Å²) < 4.78 is 10.1. The van der Waals surface area contributed by atoms with E-state index < -0.39 is 5.97 Å². The Kier molecular flexibility index (Phi) is 4.79. The third kappa shape index (κ3) is 3.70. The van der Waals surface area contributed by atoms with E-state index in [1.165, 1.54) is 6.26 Å². The minimum absolute atomic E-state index is 0.216. The smallest absolute Gasteiger partial charge is 0.360 e. The van der Waals surface area contributed by atoms with E-state index >= 15 is 0 Å². The second-order valence-corrected chi connectivity index (χ2v) is 4.74. The molecule has 2 rings (SSSR count). The number of nitrogens with zero attached hydrogens (tertiary/aromatic N) is 1. The van der Waals surface area contributed by atoms with Crippen LogP contribution in [0.1, 0.15) is 43.1 Å². The molecule has 0 aromatic carbocycles. The molecule has 0 bridgehead atoms. The third-order valence-corrected chi connectivity index (χ3v) is 3.45. The summed E-state index contributed by atoms with van der Waals surface area (Å²) >= 11 is 0. The molecule has 0 radical (unpaired) electrons. The van der Waals surface area contributed by atoms with Crippen LogP contribution in [0.4, 0.5) is 6.01 Å². The zero-order chi connectivity index (χ0) is 13.7. The van der Waals surface area contributed by atoms with E-state index in [1.807, 2.05) is 7.05 Å². The predicted octanol–water partition coefficient (Wildman–Crippen LogP) is 1.79. The van der Waals surface area contributed by atoms with Crippen LogP contribution < -0.4 is 10.6 Å². The highest BCUT2D eigenvalue weighted by atomic mass is 16.5. The molecule has 1 aliphatic rings. The quantitative estimate of drug-likeness (QED) is 0.792. The average molecular weight is 267 g/mol. The van der Waals surface area contributed by atoms with Crippen LogP contribution in [0, 0.1) is 0 Å². The lowest BCUT2D eigenvalue weighted by atomic mass is 9.91. The summed E-state index contributed by atoms with van der Waals surface area (Å²) in [6, 6.07) is 1.37. The first-order valence-electron chi connectivity index (χ1n) is 6.79. The molecule has 106 valence electrons. The lowest BCUT2D eigenvalue weighted by Gasteiger charge is -2.28. The van der Waals surface area contributed by atoms with Gasteiger partial charge in [-0.2, -0.15) is 4.98 Å². The number of oxazole rings is 1. The van der Waals surface area contributed by atoms with Gasteiger partial charge in [0.1, 0.15) is 6.26 Å². The second kappa shape index (κ2) is 6.56. The fourth-order valence-corrected chi connectivity index (χ4v) is 2.34. The van der Waals surface area contributed by atoms with Gasteiger partial charge in [-0.05, 0) is 39.7 Å². The fourth-order valence-electron chi connectivity index (χ4n) is 2.34. The summed E-state index contributed by atoms with van der Waals surface area (Å²) in [6.07, 6.45) is 5.75. The molecular formula is C13H21N3O3. The first kappa shape index (κ1) is 13.9. The van der Waals surface area contributed by atoms with Crippen molar-refractivity contribution in [2.24, 2.45) is 0 Å². The van der Waals surface area contributed by atoms with Gasteiger partial charge >= 0.3 is 5.97 Å². The van der Waals surface area contributed by atoms with Crippen LogP contribution in [-0.4, -0.2) is 36.7 Å². The molecule has 0 unspecified atom stereocenters. The van der Waals surface area contributed by atoms with E-state index in [1.54, 1.807) is 6.92 Å². The maximum Gasteiger partial charge on any atom is 0.360 e. The molecule has 1 heterocycles. The SMILES string of the molecule is CCOC(=O)c1coc(NC2CCC(NC)CC2)n1. The summed E-state index contributed by atoms with van der Waals surface area (Å²) in [7, 11) is 2.00. The highest BCUT2D eigenvalue weighted by Gasteiger charge is 2.21. The predicted molar refractivity (Wildman–Crippen MR) is 71.2 cm³/mol. The Bertz CT molecular complexity index is 411. The molecule has 2 N–H and O–H groups in total. The molecule has 1 fully saturated rings. The van der Waals surface area contributed by atoms with Gasteiger partial charge in [-0.25, -0.2) is 4.79 Å². The van der Waals surface area contributed by atoms with Crippen molar-refractivity contribution in [1.82, 2.24) is 10.3 Å². The Morgan fingerprint density at radius 1 is 1.42 bits per heavy atom. The number of nitrogens with one attached hydrogen (secondary N) is 2. The van der Waals surface area contributed by atoms with Gasteiger partial charge in [-0.1, -0.05) is 0 Å². The van der Waals surface area contributed by atoms with Gasteiger partial charge in [0.25, 0.3) is 6.01 Å². The van der Waals surface area contributed by atoms with Gasteiger partial charge in [-0.3, -0.25) is 0 Å². The number of rotatable bonds is 5. The molecule has 0 spiro atoms. The number of anilines is 1. The molecular weight excluding hydrogens is 246 g/mol. The Labute approximate surface area is 112 Å². The van der Waals surface area contributed by atoms with E-state index in [4.69, 9.17) is 9.15 Å². The number of hydrogen-bond acceptors (Lipinski definition) is 6. The maximum absolute atomic E-state index is 11.5. The third-order valence-electron chi connectivity index (χ3n) is 3.45. The number of esters is 1. The van der Waals surface area contributed by atoms with Gasteiger partial charge in [0, 0.05) is 12.1 Å². The van der Waals surface area contributed by atoms with Crippen molar-refractivity contribution in [3.05, 3.63) is 12.0 Å². The number of carbonyl (C=O) groups is 1. The van der Waals surface area contributed by atoms with Crippen LogP contribution in [0.2, 0.25) is 0 Å². The van der Waals surface area contributed by atoms with Gasteiger partial charge in [0.15, 0.2) is 5.69 Å². The minimum atomic E-state index is -0.446. The summed E-state index contributed by atoms with van der Waals surface area (Å²) in [6.45, 7) is 2.10. The molecule has 6 nitrogen and oxygen atoms in total. The largest absolute Gasteiger partial charge is 0.461 e. The zero-order valence-corrected chi connectivity index (χ0v) is 11.4. The first-order valence-corrected chi connectivity index (χ1v) is 6.79. The van der Waals surface area contributed by atoms with Gasteiger partial charge < -0.3 is 19.8 Å². The Morgan fingerprint density at radius 3 is 2.74 bits per heavy atom. The standard InChI is InChI=1S/C13H21N3O3/c1-3-18-12(17)11-8-19-13(16-11)15-10-6-4-9(14-2)5-7-10/h8-10,14H,3-7H2,1-2H3,(H,15,16). The molecule has 1 aliphatic carbocycles. The van der Waals surface area contributed by atoms with Crippen LogP contribution >= 0.6 is 0 Å². The van der Waals surface area contributed by atoms with Crippen molar-refractivity contribution in [3.63, 3.8) is 0 Å². The molecule has 0 atom stereocenters. The van der Waals surface area contributed by atoms with Crippen molar-refractivity contribution in [2.45, 2.75) is 44.7 Å². The van der Waals surface area contributed by atoms with Crippen LogP contribution in [0.3, 0.4) is 0 Å². The lowest BCUT2D eigenvalue weighted by Crippen LogP contribution is -2.35. The van der Waals surface area contributed by atoms with E-state index in [-0.39, 0.29) is 5.69 Å². The summed E-state index contributed by atoms with van der Waals surface area (Å²) in [5, 5.41) is 6.52. The fraction of sp³-hybridized carbons (Fsp3) is 0.692. The number of carbonyl (C=O) groups excluding carboxylic acids is 1. The topological polar surface area (TPSA) is 76.4 Å². The van der Waals surface area contributed by atoms with E-state index in [0.29, 0.717) is 24.7 Å². The summed E-state index contributed by atoms with van der Waals surface area (Å²) in [5.41, 5.74) is 0.216. The lowest BCUT2D eigenvalue weighted by molar-refractivity contribution is 0.0519. The van der Waals surface area contributed by atoms with Crippen LogP contribution in [0.25, 0.3) is 0 Å². The molecule has 0 aliphatic heterocycles. The van der Waals surface area contributed by atoms with Crippen molar-refractivity contribution >= 4 is 12.0 Å². The highest BCUT2D eigenvalue weighted by Crippen LogP contribution is 2.22. The second-order valence-electron chi connectivity index (χ2n) is 4.74. The normalized spacial score (nSPS) is 23.1. The monoisotopic (exact) mass is 267 g/mol. The van der Waals surface area contributed by atoms with Crippen molar-refractivity contribution in [1.29, 1.82) is 0 Å². The van der Waals surface area contributed by atoms with E-state index in [9.17, 15) is 4.79 Å². The molecule has 1 saturated carbocycles. The molecule has 1 aromatic rings. The van der Waals surface area contributed by atoms with Crippen LogP contribution in [0.15, 0.2) is 10.7 Å². The van der Waals surface area contributed by atoms with Crippen molar-refractivity contribution in [2.75, 3.05) is 19.0 Å². The molecule has 1 aromatic heterocycles. The van der Waals surface area contributed by atoms with Gasteiger partial charge in [0.05, 0.1) is 6.61 Å². The van der Waals surface area contributed by atoms with E-state index in [0.717, 1.165) is 25.7 Å². The number of hydrogen-bond donors (Lipinski definition) is 2. The van der Waals surface area contributed by atoms with E-state index in [2.05, 4.69) is 15.6 Å². The van der Waals surface area contributed by atoms with Gasteiger partial charge in [-0.15, -0.1) is 0 Å². The van der Waals surface area contributed by atoms with Gasteiger partial charge in [0.2, 0.25) is 0 Å². The number of aromatic nitrogens is 1. The molecule has 0 amide bonds. The molecule has 6 heteroatoms. The summed E-state index contributed by atoms with van der Waals surface area (Å²) in [4.78, 5) is 15.5. The van der Waals surface area contributed by atoms with Crippen molar-refractivity contribution in [3.8, 4) is 0 Å². The maximum atomic E-state index is 11.5. The Balaban J connectivity index is 1.85. The average Bonchev–Trinajstić information content (AvgIpc) is 2.88. The minimum Gasteiger partial charge on any atom is -0.461 e. The van der Waals surface area contributed by atoms with Crippen LogP contribution in [0.5, 0.6) is 0 Å². The Hall–Kier alpha value is -1.56. The highest BCUT2D eigenvalue weighted by molar-refractivity contribution is 5.87. The summed E-state index contributed by atoms with van der Waals surface area (Å²) in [5.74, 6) is -0.446. The number of ether oxygens (including phenoxy) is 1. The van der Waals surface area contributed by atoms with Crippen LogP contribution in [-0.2, 0) is 4.74 Å². The molecule has 0 saturated heterocycles. The molecule has 19 heavy (non-hydrogen) atoms. The zero-order valence-electron chi connectivity index (χ0n) is 11.4. The Morgan fingerprint density at radius 2 is 2.11 bits per heavy atom. The first-order chi connectivity index (χ1) is 9.22. The van der Waals surface area contributed by atoms with Crippen molar-refractivity contribution < 1.29 is 13.9 Å².